The first-order chi connectivity index (χ1) is 6.63. The van der Waals surface area contributed by atoms with Crippen LogP contribution in [-0.2, 0) is 5.60 Å². The molecule has 0 saturated carbocycles. The molecule has 0 amide bonds. The maximum atomic E-state index is 10.0. The van der Waals surface area contributed by atoms with E-state index in [1.807, 2.05) is 25.1 Å². The monoisotopic (exact) mass is 194 g/mol. The molecular weight excluding hydrogens is 180 g/mol. The van der Waals surface area contributed by atoms with Crippen molar-refractivity contribution < 1.29 is 14.6 Å². The summed E-state index contributed by atoms with van der Waals surface area (Å²) in [7, 11) is 0. The highest BCUT2D eigenvalue weighted by atomic mass is 16.7. The fraction of sp³-hybridized carbons (Fsp3) is 0.455. The Kier molecular flexibility index (Phi) is 2.11. The highest BCUT2D eigenvalue weighted by Gasteiger charge is 2.23. The molecule has 0 unspecified atom stereocenters. The van der Waals surface area contributed by atoms with Crippen LogP contribution in [0.2, 0.25) is 0 Å². The van der Waals surface area contributed by atoms with Gasteiger partial charge < -0.3 is 14.6 Å². The minimum atomic E-state index is -0.791. The highest BCUT2D eigenvalue weighted by Crippen LogP contribution is 2.36. The number of fused-ring (bicyclic) bond motifs is 1. The Labute approximate surface area is 83.3 Å². The first kappa shape index (κ1) is 9.34. The van der Waals surface area contributed by atoms with Gasteiger partial charge in [-0.15, -0.1) is 0 Å². The third-order valence-electron chi connectivity index (χ3n) is 2.68. The summed E-state index contributed by atoms with van der Waals surface area (Å²) >= 11 is 0. The first-order valence-corrected chi connectivity index (χ1v) is 4.76. The summed E-state index contributed by atoms with van der Waals surface area (Å²) in [6.07, 6.45) is 0.673. The second-order valence-electron chi connectivity index (χ2n) is 3.70. The van der Waals surface area contributed by atoms with Gasteiger partial charge in [0.25, 0.3) is 0 Å². The van der Waals surface area contributed by atoms with Crippen molar-refractivity contribution in [3.05, 3.63) is 23.8 Å². The summed E-state index contributed by atoms with van der Waals surface area (Å²) in [4.78, 5) is 0. The molecule has 1 atom stereocenters. The van der Waals surface area contributed by atoms with Gasteiger partial charge in [-0.2, -0.15) is 0 Å². The van der Waals surface area contributed by atoms with Crippen molar-refractivity contribution in [2.24, 2.45) is 0 Å². The smallest absolute Gasteiger partial charge is 0.231 e. The molecule has 1 aliphatic rings. The Morgan fingerprint density at radius 2 is 2.07 bits per heavy atom. The van der Waals surface area contributed by atoms with Crippen LogP contribution in [0.1, 0.15) is 25.8 Å². The number of hydrogen-bond acceptors (Lipinski definition) is 3. The third-order valence-corrected chi connectivity index (χ3v) is 2.68. The second kappa shape index (κ2) is 3.17. The molecule has 0 saturated heterocycles. The molecule has 3 nitrogen and oxygen atoms in total. The van der Waals surface area contributed by atoms with Gasteiger partial charge in [-0.25, -0.2) is 0 Å². The molecule has 1 N–H and O–H groups in total. The summed E-state index contributed by atoms with van der Waals surface area (Å²) in [5, 5.41) is 10.0. The Hall–Kier alpha value is -1.22. The van der Waals surface area contributed by atoms with Gasteiger partial charge in [0.2, 0.25) is 6.79 Å². The van der Waals surface area contributed by atoms with Gasteiger partial charge in [-0.05, 0) is 31.0 Å². The zero-order valence-corrected chi connectivity index (χ0v) is 8.41. The molecule has 0 bridgehead atoms. The van der Waals surface area contributed by atoms with Crippen molar-refractivity contribution in [1.29, 1.82) is 0 Å². The summed E-state index contributed by atoms with van der Waals surface area (Å²) in [6.45, 7) is 4.02. The predicted octanol–water partition coefficient (Wildman–Crippen LogP) is 2.03. The van der Waals surface area contributed by atoms with Crippen LogP contribution in [0.5, 0.6) is 11.5 Å². The van der Waals surface area contributed by atoms with E-state index in [1.54, 1.807) is 6.92 Å². The molecule has 0 radical (unpaired) electrons. The van der Waals surface area contributed by atoms with E-state index in [2.05, 4.69) is 0 Å². The molecular formula is C11H14O3. The second-order valence-corrected chi connectivity index (χ2v) is 3.70. The van der Waals surface area contributed by atoms with Gasteiger partial charge in [0, 0.05) is 0 Å². The molecule has 0 aromatic heterocycles. The number of aliphatic hydroxyl groups is 1. The van der Waals surface area contributed by atoms with E-state index in [-0.39, 0.29) is 6.79 Å². The maximum absolute atomic E-state index is 10.0. The lowest BCUT2D eigenvalue weighted by Crippen LogP contribution is -2.19. The van der Waals surface area contributed by atoms with E-state index in [4.69, 9.17) is 9.47 Å². The van der Waals surface area contributed by atoms with E-state index >= 15 is 0 Å². The highest BCUT2D eigenvalue weighted by molar-refractivity contribution is 5.45. The largest absolute Gasteiger partial charge is 0.454 e. The average molecular weight is 194 g/mol. The molecule has 3 heteroatoms. The Morgan fingerprint density at radius 3 is 2.79 bits per heavy atom. The Bertz CT molecular complexity index is 344. The van der Waals surface area contributed by atoms with Crippen molar-refractivity contribution in [3.63, 3.8) is 0 Å². The van der Waals surface area contributed by atoms with Gasteiger partial charge in [0.15, 0.2) is 11.5 Å². The van der Waals surface area contributed by atoms with Crippen LogP contribution in [-0.4, -0.2) is 11.9 Å². The minimum absolute atomic E-state index is 0.271. The van der Waals surface area contributed by atoms with Crippen molar-refractivity contribution in [2.75, 3.05) is 6.79 Å². The lowest BCUT2D eigenvalue weighted by molar-refractivity contribution is 0.0529. The van der Waals surface area contributed by atoms with Gasteiger partial charge in [-0.3, -0.25) is 0 Å². The summed E-state index contributed by atoms with van der Waals surface area (Å²) in [6, 6.07) is 5.55. The quantitative estimate of drug-likeness (QED) is 0.782. The van der Waals surface area contributed by atoms with E-state index in [0.29, 0.717) is 6.42 Å². The predicted molar refractivity (Wildman–Crippen MR) is 52.4 cm³/mol. The fourth-order valence-corrected chi connectivity index (χ4v) is 1.44. The molecule has 1 aliphatic heterocycles. The van der Waals surface area contributed by atoms with Crippen LogP contribution in [0.3, 0.4) is 0 Å². The lowest BCUT2D eigenvalue weighted by Gasteiger charge is -2.21. The molecule has 14 heavy (non-hydrogen) atoms. The fourth-order valence-electron chi connectivity index (χ4n) is 1.44. The lowest BCUT2D eigenvalue weighted by atomic mass is 9.93. The zero-order chi connectivity index (χ0) is 10.2. The van der Waals surface area contributed by atoms with Crippen LogP contribution in [0.15, 0.2) is 18.2 Å². The van der Waals surface area contributed by atoms with E-state index in [1.165, 1.54) is 0 Å². The Balaban J connectivity index is 2.38. The van der Waals surface area contributed by atoms with E-state index in [9.17, 15) is 5.11 Å². The van der Waals surface area contributed by atoms with Crippen molar-refractivity contribution in [2.45, 2.75) is 25.9 Å². The number of ether oxygens (including phenoxy) is 2. The molecule has 0 aliphatic carbocycles. The third kappa shape index (κ3) is 1.44. The summed E-state index contributed by atoms with van der Waals surface area (Å²) in [5.74, 6) is 1.47. The Morgan fingerprint density at radius 1 is 1.36 bits per heavy atom. The molecule has 76 valence electrons. The van der Waals surface area contributed by atoms with Crippen LogP contribution in [0.25, 0.3) is 0 Å². The number of hydrogen-bond donors (Lipinski definition) is 1. The zero-order valence-electron chi connectivity index (χ0n) is 8.41. The number of rotatable bonds is 2. The first-order valence-electron chi connectivity index (χ1n) is 4.76. The van der Waals surface area contributed by atoms with Crippen molar-refractivity contribution in [1.82, 2.24) is 0 Å². The number of benzene rings is 1. The standard InChI is InChI=1S/C11H14O3/c1-3-11(2,12)8-4-5-9-10(6-8)14-7-13-9/h4-6,12H,3,7H2,1-2H3/t11-/m1/s1. The molecule has 2 rings (SSSR count). The SMILES string of the molecule is CC[C@@](C)(O)c1ccc2c(c1)OCO2. The molecule has 0 fully saturated rings. The normalized spacial score (nSPS) is 17.9. The van der Waals surface area contributed by atoms with Crippen molar-refractivity contribution >= 4 is 0 Å². The van der Waals surface area contributed by atoms with E-state index < -0.39 is 5.60 Å². The average Bonchev–Trinajstić information content (AvgIpc) is 2.64. The minimum Gasteiger partial charge on any atom is -0.454 e. The van der Waals surface area contributed by atoms with Crippen LogP contribution >= 0.6 is 0 Å². The van der Waals surface area contributed by atoms with Gasteiger partial charge in [0.05, 0.1) is 5.60 Å². The molecule has 1 aromatic rings. The van der Waals surface area contributed by atoms with Gasteiger partial charge >= 0.3 is 0 Å². The van der Waals surface area contributed by atoms with Gasteiger partial charge in [0.1, 0.15) is 0 Å². The topological polar surface area (TPSA) is 38.7 Å². The molecule has 0 spiro atoms. The summed E-state index contributed by atoms with van der Waals surface area (Å²) in [5.41, 5.74) is 0.0744. The van der Waals surface area contributed by atoms with Crippen LogP contribution < -0.4 is 9.47 Å². The molecule has 1 aromatic carbocycles. The molecule has 1 heterocycles. The summed E-state index contributed by atoms with van der Waals surface area (Å²) < 4.78 is 10.4. The van der Waals surface area contributed by atoms with Crippen LogP contribution in [0.4, 0.5) is 0 Å². The van der Waals surface area contributed by atoms with Gasteiger partial charge in [-0.1, -0.05) is 13.0 Å². The van der Waals surface area contributed by atoms with Crippen molar-refractivity contribution in [3.8, 4) is 11.5 Å². The maximum Gasteiger partial charge on any atom is 0.231 e. The van der Waals surface area contributed by atoms with Crippen LogP contribution in [0, 0.1) is 0 Å². The van der Waals surface area contributed by atoms with E-state index in [0.717, 1.165) is 17.1 Å².